The van der Waals surface area contributed by atoms with Gasteiger partial charge in [-0.1, -0.05) is 36.4 Å². The second-order valence-electron chi connectivity index (χ2n) is 4.43. The van der Waals surface area contributed by atoms with Crippen LogP contribution in [0.15, 0.2) is 99.6 Å². The molecule has 1 N–H and O–H groups in total. The number of hydrogen-bond acceptors (Lipinski definition) is 1. The van der Waals surface area contributed by atoms with Crippen molar-refractivity contribution in [2.45, 2.75) is 14.7 Å². The Morgan fingerprint density at radius 1 is 0.524 bits per heavy atom. The molecule has 0 saturated carbocycles. The first-order valence-corrected chi connectivity index (χ1v) is 7.70. The van der Waals surface area contributed by atoms with Crippen LogP contribution in [0.25, 0.3) is 0 Å². The summed E-state index contributed by atoms with van der Waals surface area (Å²) in [5.74, 6) is 0.304. The lowest BCUT2D eigenvalue weighted by Crippen LogP contribution is -3.00. The van der Waals surface area contributed by atoms with Gasteiger partial charge in [-0.25, -0.2) is 0 Å². The fourth-order valence-electron chi connectivity index (χ4n) is 2.10. The lowest BCUT2D eigenvalue weighted by Gasteiger charge is -2.07. The largest absolute Gasteiger partial charge is 1.00 e. The van der Waals surface area contributed by atoms with Gasteiger partial charge in [0.25, 0.3) is 0 Å². The quantitative estimate of drug-likeness (QED) is 0.726. The van der Waals surface area contributed by atoms with Gasteiger partial charge in [-0.15, -0.1) is 0 Å². The summed E-state index contributed by atoms with van der Waals surface area (Å²) in [6.45, 7) is 0. The van der Waals surface area contributed by atoms with Crippen LogP contribution in [0.4, 0.5) is 0 Å². The Bertz CT molecular complexity index is 629. The average Bonchev–Trinajstić information content (AvgIpc) is 2.52. The third-order valence-electron chi connectivity index (χ3n) is 3.03. The molecule has 0 saturated heterocycles. The lowest BCUT2D eigenvalue weighted by atomic mass is 10.3. The maximum atomic E-state index is 9.48. The minimum atomic E-state index is -0.134. The third kappa shape index (κ3) is 3.60. The monoisotopic (exact) mass is 314 g/mol. The van der Waals surface area contributed by atoms with Crippen LogP contribution in [0.2, 0.25) is 0 Å². The SMILES string of the molecule is Oc1ccc([S+](c2ccccc2)c2ccccc2)cc1.[Cl-]. The van der Waals surface area contributed by atoms with Gasteiger partial charge in [-0.2, -0.15) is 0 Å². The molecule has 0 radical (unpaired) electrons. The smallest absolute Gasteiger partial charge is 0.166 e. The summed E-state index contributed by atoms with van der Waals surface area (Å²) in [5.41, 5.74) is 0. The van der Waals surface area contributed by atoms with Gasteiger partial charge in [0, 0.05) is 0 Å². The molecule has 3 rings (SSSR count). The van der Waals surface area contributed by atoms with Crippen molar-refractivity contribution in [3.63, 3.8) is 0 Å². The molecule has 0 aromatic heterocycles. The molecule has 0 atom stereocenters. The molecule has 3 heteroatoms. The van der Waals surface area contributed by atoms with E-state index in [1.54, 1.807) is 12.1 Å². The lowest BCUT2D eigenvalue weighted by molar-refractivity contribution is -0.00000498. The fourth-order valence-corrected chi connectivity index (χ4v) is 4.19. The van der Waals surface area contributed by atoms with Gasteiger partial charge >= 0.3 is 0 Å². The van der Waals surface area contributed by atoms with E-state index in [1.165, 1.54) is 14.7 Å². The standard InChI is InChI=1S/C18H14OS.ClH/c19-15-11-13-18(14-12-15)20(16-7-3-1-4-8-16)17-9-5-2-6-10-17;/h1-14H;1H. The number of benzene rings is 3. The van der Waals surface area contributed by atoms with E-state index in [9.17, 15) is 5.11 Å². The van der Waals surface area contributed by atoms with Crippen molar-refractivity contribution in [2.75, 3.05) is 0 Å². The predicted octanol–water partition coefficient (Wildman–Crippen LogP) is 1.49. The molecule has 0 aliphatic heterocycles. The molecule has 0 amide bonds. The Kier molecular flexibility index (Phi) is 5.32. The van der Waals surface area contributed by atoms with Crippen molar-refractivity contribution >= 4 is 10.9 Å². The van der Waals surface area contributed by atoms with Crippen LogP contribution in [-0.2, 0) is 10.9 Å². The van der Waals surface area contributed by atoms with E-state index in [-0.39, 0.29) is 23.3 Å². The zero-order valence-electron chi connectivity index (χ0n) is 11.3. The van der Waals surface area contributed by atoms with Gasteiger partial charge in [0.05, 0.1) is 10.9 Å². The Morgan fingerprint density at radius 2 is 0.905 bits per heavy atom. The Labute approximate surface area is 134 Å². The highest BCUT2D eigenvalue weighted by atomic mass is 35.5. The van der Waals surface area contributed by atoms with Crippen molar-refractivity contribution in [1.82, 2.24) is 0 Å². The molecular weight excluding hydrogens is 300 g/mol. The van der Waals surface area contributed by atoms with Crippen LogP contribution in [0.3, 0.4) is 0 Å². The molecule has 106 valence electrons. The second-order valence-corrected chi connectivity index (χ2v) is 6.45. The van der Waals surface area contributed by atoms with Crippen molar-refractivity contribution < 1.29 is 17.5 Å². The summed E-state index contributed by atoms with van der Waals surface area (Å²) in [7, 11) is -0.134. The van der Waals surface area contributed by atoms with E-state index < -0.39 is 0 Å². The zero-order chi connectivity index (χ0) is 13.8. The highest BCUT2D eigenvalue weighted by molar-refractivity contribution is 7.97. The van der Waals surface area contributed by atoms with Crippen LogP contribution in [0.5, 0.6) is 5.75 Å². The number of phenols is 1. The van der Waals surface area contributed by atoms with Crippen LogP contribution < -0.4 is 12.4 Å². The summed E-state index contributed by atoms with van der Waals surface area (Å²) in [4.78, 5) is 3.77. The molecule has 3 aromatic carbocycles. The molecule has 0 unspecified atom stereocenters. The number of phenolic OH excluding ortho intramolecular Hbond substituents is 1. The van der Waals surface area contributed by atoms with E-state index in [0.717, 1.165) is 0 Å². The van der Waals surface area contributed by atoms with E-state index in [1.807, 2.05) is 24.3 Å². The molecule has 0 fully saturated rings. The van der Waals surface area contributed by atoms with Gasteiger partial charge in [-0.3, -0.25) is 0 Å². The summed E-state index contributed by atoms with van der Waals surface area (Å²) in [6, 6.07) is 28.5. The van der Waals surface area contributed by atoms with Crippen LogP contribution >= 0.6 is 0 Å². The van der Waals surface area contributed by atoms with E-state index >= 15 is 0 Å². The molecule has 3 aromatic rings. The van der Waals surface area contributed by atoms with Crippen LogP contribution in [-0.4, -0.2) is 5.11 Å². The number of hydrogen-bond donors (Lipinski definition) is 1. The minimum Gasteiger partial charge on any atom is -1.00 e. The van der Waals surface area contributed by atoms with Gasteiger partial charge in [0.2, 0.25) is 0 Å². The van der Waals surface area contributed by atoms with E-state index in [4.69, 9.17) is 0 Å². The van der Waals surface area contributed by atoms with E-state index in [0.29, 0.717) is 5.75 Å². The summed E-state index contributed by atoms with van der Waals surface area (Å²) < 4.78 is 0. The average molecular weight is 315 g/mol. The van der Waals surface area contributed by atoms with Crippen LogP contribution in [0, 0.1) is 0 Å². The molecule has 0 heterocycles. The predicted molar refractivity (Wildman–Crippen MR) is 83.2 cm³/mol. The molecule has 0 aliphatic carbocycles. The Balaban J connectivity index is 0.00000161. The van der Waals surface area contributed by atoms with Crippen molar-refractivity contribution in [3.05, 3.63) is 84.9 Å². The number of halogens is 1. The van der Waals surface area contributed by atoms with Gasteiger partial charge in [0.15, 0.2) is 14.7 Å². The number of rotatable bonds is 3. The number of aromatic hydroxyl groups is 1. The van der Waals surface area contributed by atoms with Crippen molar-refractivity contribution in [3.8, 4) is 5.75 Å². The molecule has 0 bridgehead atoms. The first-order valence-electron chi connectivity index (χ1n) is 6.48. The van der Waals surface area contributed by atoms with Crippen molar-refractivity contribution in [1.29, 1.82) is 0 Å². The molecule has 0 aliphatic rings. The maximum Gasteiger partial charge on any atom is 0.166 e. The zero-order valence-corrected chi connectivity index (χ0v) is 12.9. The summed E-state index contributed by atoms with van der Waals surface area (Å²) in [6.07, 6.45) is 0. The van der Waals surface area contributed by atoms with Crippen LogP contribution in [0.1, 0.15) is 0 Å². The highest BCUT2D eigenvalue weighted by Gasteiger charge is 2.27. The Hall–Kier alpha value is -1.90. The minimum absolute atomic E-state index is 0. The first-order chi connectivity index (χ1) is 9.84. The van der Waals surface area contributed by atoms with Gasteiger partial charge in [-0.05, 0) is 48.5 Å². The molecule has 21 heavy (non-hydrogen) atoms. The van der Waals surface area contributed by atoms with Gasteiger partial charge < -0.3 is 17.5 Å². The Morgan fingerprint density at radius 3 is 1.33 bits per heavy atom. The third-order valence-corrected chi connectivity index (χ3v) is 5.26. The summed E-state index contributed by atoms with van der Waals surface area (Å²) >= 11 is 0. The van der Waals surface area contributed by atoms with E-state index in [2.05, 4.69) is 48.5 Å². The van der Waals surface area contributed by atoms with Gasteiger partial charge in [0.1, 0.15) is 5.75 Å². The first kappa shape index (κ1) is 15.5. The molecule has 0 spiro atoms. The van der Waals surface area contributed by atoms with Crippen molar-refractivity contribution in [2.24, 2.45) is 0 Å². The summed E-state index contributed by atoms with van der Waals surface area (Å²) in [5, 5.41) is 9.48. The topological polar surface area (TPSA) is 20.2 Å². The maximum absolute atomic E-state index is 9.48. The fraction of sp³-hybridized carbons (Fsp3) is 0. The molecule has 1 nitrogen and oxygen atoms in total. The molecular formula is C18H15ClOS. The normalized spacial score (nSPS) is 10.1. The second kappa shape index (κ2) is 7.21. The highest BCUT2D eigenvalue weighted by Crippen LogP contribution is 2.31.